The van der Waals surface area contributed by atoms with Crippen LogP contribution in [0.15, 0.2) is 54.6 Å². The van der Waals surface area contributed by atoms with Gasteiger partial charge in [0.1, 0.15) is 5.75 Å². The van der Waals surface area contributed by atoms with E-state index in [4.69, 9.17) is 16.3 Å². The first kappa shape index (κ1) is 14.0. The number of hydrogen-bond donors (Lipinski definition) is 0. The molecule has 0 bridgehead atoms. The average Bonchev–Trinajstić information content (AvgIpc) is 2.49. The second-order valence-corrected chi connectivity index (χ2v) is 5.07. The van der Waals surface area contributed by atoms with Crippen LogP contribution in [-0.4, -0.2) is 7.11 Å². The van der Waals surface area contributed by atoms with Gasteiger partial charge in [-0.2, -0.15) is 0 Å². The van der Waals surface area contributed by atoms with Gasteiger partial charge in [-0.15, -0.1) is 11.6 Å². The summed E-state index contributed by atoms with van der Waals surface area (Å²) in [5.41, 5.74) is 2.43. The average molecular weight is 275 g/mol. The van der Waals surface area contributed by atoms with Crippen LogP contribution in [-0.2, 0) is 0 Å². The van der Waals surface area contributed by atoms with Crippen LogP contribution in [0.4, 0.5) is 0 Å². The molecule has 2 aromatic carbocycles. The molecule has 0 aliphatic heterocycles. The van der Waals surface area contributed by atoms with Gasteiger partial charge in [-0.3, -0.25) is 0 Å². The first-order valence-corrected chi connectivity index (χ1v) is 7.03. The first-order chi connectivity index (χ1) is 9.26. The van der Waals surface area contributed by atoms with Crippen molar-refractivity contribution in [3.05, 3.63) is 65.7 Å². The highest BCUT2D eigenvalue weighted by Crippen LogP contribution is 2.38. The van der Waals surface area contributed by atoms with Gasteiger partial charge in [-0.1, -0.05) is 49.4 Å². The van der Waals surface area contributed by atoms with Crippen molar-refractivity contribution in [2.75, 3.05) is 7.11 Å². The minimum absolute atomic E-state index is 0.0155. The fourth-order valence-electron chi connectivity index (χ4n) is 2.33. The summed E-state index contributed by atoms with van der Waals surface area (Å²) in [5.74, 6) is 1.19. The van der Waals surface area contributed by atoms with Crippen LogP contribution in [0.3, 0.4) is 0 Å². The van der Waals surface area contributed by atoms with E-state index in [1.165, 1.54) is 5.56 Å². The van der Waals surface area contributed by atoms with Crippen molar-refractivity contribution in [1.82, 2.24) is 0 Å². The van der Waals surface area contributed by atoms with E-state index in [2.05, 4.69) is 31.2 Å². The summed E-state index contributed by atoms with van der Waals surface area (Å²) in [6.45, 7) is 2.18. The van der Waals surface area contributed by atoms with Crippen molar-refractivity contribution in [2.45, 2.75) is 24.6 Å². The molecule has 2 rings (SSSR count). The topological polar surface area (TPSA) is 9.23 Å². The van der Waals surface area contributed by atoms with E-state index in [9.17, 15) is 0 Å². The Morgan fingerprint density at radius 1 is 0.947 bits per heavy atom. The van der Waals surface area contributed by atoms with E-state index < -0.39 is 0 Å². The molecule has 1 nitrogen and oxygen atoms in total. The molecule has 2 aromatic rings. The van der Waals surface area contributed by atoms with Crippen LogP contribution in [0.25, 0.3) is 0 Å². The molecule has 0 fully saturated rings. The Labute approximate surface area is 120 Å². The van der Waals surface area contributed by atoms with Crippen LogP contribution in [0, 0.1) is 0 Å². The summed E-state index contributed by atoms with van der Waals surface area (Å²) < 4.78 is 5.18. The van der Waals surface area contributed by atoms with Gasteiger partial charge in [0, 0.05) is 5.92 Å². The second-order valence-electron chi connectivity index (χ2n) is 4.60. The monoisotopic (exact) mass is 274 g/mol. The van der Waals surface area contributed by atoms with E-state index in [1.807, 2.05) is 30.3 Å². The third-order valence-electron chi connectivity index (χ3n) is 3.46. The van der Waals surface area contributed by atoms with Crippen molar-refractivity contribution in [3.63, 3.8) is 0 Å². The highest BCUT2D eigenvalue weighted by molar-refractivity contribution is 6.21. The molecule has 0 amide bonds. The second kappa shape index (κ2) is 6.63. The predicted molar refractivity (Wildman–Crippen MR) is 81.1 cm³/mol. The van der Waals surface area contributed by atoms with Crippen LogP contribution in [0.1, 0.15) is 35.8 Å². The normalized spacial score (nSPS) is 13.8. The van der Waals surface area contributed by atoms with Crippen LogP contribution in [0.5, 0.6) is 5.75 Å². The highest BCUT2D eigenvalue weighted by Gasteiger charge is 2.21. The third-order valence-corrected chi connectivity index (χ3v) is 4.01. The summed E-state index contributed by atoms with van der Waals surface area (Å²) >= 11 is 6.66. The number of methoxy groups -OCH3 is 1. The lowest BCUT2D eigenvalue weighted by molar-refractivity contribution is 0.414. The predicted octanol–water partition coefficient (Wildman–Crippen LogP) is 5.17. The minimum Gasteiger partial charge on any atom is -0.497 e. The minimum atomic E-state index is -0.0155. The molecule has 0 aliphatic rings. The van der Waals surface area contributed by atoms with Crippen LogP contribution < -0.4 is 4.74 Å². The number of benzene rings is 2. The Balaban J connectivity index is 2.22. The maximum Gasteiger partial charge on any atom is 0.118 e. The summed E-state index contributed by atoms with van der Waals surface area (Å²) in [5, 5.41) is -0.0155. The van der Waals surface area contributed by atoms with E-state index in [1.54, 1.807) is 7.11 Å². The lowest BCUT2D eigenvalue weighted by Crippen LogP contribution is -2.05. The SMILES string of the molecule is CCC(c1ccccc1)C(Cl)c1ccc(OC)cc1. The summed E-state index contributed by atoms with van der Waals surface area (Å²) in [4.78, 5) is 0. The van der Waals surface area contributed by atoms with Crippen molar-refractivity contribution < 1.29 is 4.74 Å². The van der Waals surface area contributed by atoms with Gasteiger partial charge in [0.25, 0.3) is 0 Å². The lowest BCUT2D eigenvalue weighted by Gasteiger charge is -2.22. The van der Waals surface area contributed by atoms with Crippen molar-refractivity contribution in [2.24, 2.45) is 0 Å². The van der Waals surface area contributed by atoms with Gasteiger partial charge >= 0.3 is 0 Å². The molecule has 0 aromatic heterocycles. The highest BCUT2D eigenvalue weighted by atomic mass is 35.5. The quantitative estimate of drug-likeness (QED) is 0.684. The summed E-state index contributed by atoms with van der Waals surface area (Å²) in [6, 6.07) is 18.5. The Kier molecular flexibility index (Phi) is 4.86. The Morgan fingerprint density at radius 2 is 1.58 bits per heavy atom. The molecule has 2 unspecified atom stereocenters. The lowest BCUT2D eigenvalue weighted by atomic mass is 9.89. The summed E-state index contributed by atoms with van der Waals surface area (Å²) in [6.07, 6.45) is 1.02. The van der Waals surface area contributed by atoms with E-state index in [-0.39, 0.29) is 5.38 Å². The summed E-state index contributed by atoms with van der Waals surface area (Å²) in [7, 11) is 1.67. The fourth-order valence-corrected chi connectivity index (χ4v) is 2.80. The largest absolute Gasteiger partial charge is 0.497 e. The van der Waals surface area contributed by atoms with E-state index in [0.717, 1.165) is 17.7 Å². The smallest absolute Gasteiger partial charge is 0.118 e. The molecular weight excluding hydrogens is 256 g/mol. The number of alkyl halides is 1. The number of ether oxygens (including phenoxy) is 1. The van der Waals surface area contributed by atoms with Gasteiger partial charge in [0.2, 0.25) is 0 Å². The zero-order valence-electron chi connectivity index (χ0n) is 11.3. The van der Waals surface area contributed by atoms with Gasteiger partial charge in [0.15, 0.2) is 0 Å². The molecule has 0 radical (unpaired) electrons. The maximum atomic E-state index is 6.66. The van der Waals surface area contributed by atoms with E-state index in [0.29, 0.717) is 5.92 Å². The van der Waals surface area contributed by atoms with Crippen molar-refractivity contribution in [1.29, 1.82) is 0 Å². The van der Waals surface area contributed by atoms with Crippen molar-refractivity contribution >= 4 is 11.6 Å². The van der Waals surface area contributed by atoms with Gasteiger partial charge in [-0.25, -0.2) is 0 Å². The number of rotatable bonds is 5. The standard InChI is InChI=1S/C17H19ClO/c1-3-16(13-7-5-4-6-8-13)17(18)14-9-11-15(19-2)12-10-14/h4-12,16-17H,3H2,1-2H3. The Morgan fingerprint density at radius 3 is 2.11 bits per heavy atom. The molecule has 19 heavy (non-hydrogen) atoms. The molecule has 2 atom stereocenters. The van der Waals surface area contributed by atoms with Crippen LogP contribution in [0.2, 0.25) is 0 Å². The van der Waals surface area contributed by atoms with Gasteiger partial charge < -0.3 is 4.74 Å². The molecule has 0 spiro atoms. The molecule has 0 saturated carbocycles. The van der Waals surface area contributed by atoms with Crippen LogP contribution >= 0.6 is 11.6 Å². The molecule has 0 saturated heterocycles. The fraction of sp³-hybridized carbons (Fsp3) is 0.294. The zero-order chi connectivity index (χ0) is 13.7. The molecule has 0 heterocycles. The molecule has 2 heteroatoms. The maximum absolute atomic E-state index is 6.66. The van der Waals surface area contributed by atoms with Crippen molar-refractivity contribution in [3.8, 4) is 5.75 Å². The van der Waals surface area contributed by atoms with E-state index >= 15 is 0 Å². The Bertz CT molecular complexity index is 492. The molecule has 0 N–H and O–H groups in total. The zero-order valence-corrected chi connectivity index (χ0v) is 12.1. The third kappa shape index (κ3) is 3.30. The first-order valence-electron chi connectivity index (χ1n) is 6.59. The molecular formula is C17H19ClO. The van der Waals surface area contributed by atoms with Gasteiger partial charge in [0.05, 0.1) is 12.5 Å². The number of hydrogen-bond acceptors (Lipinski definition) is 1. The Hall–Kier alpha value is -1.47. The van der Waals surface area contributed by atoms with Gasteiger partial charge in [-0.05, 0) is 29.7 Å². The molecule has 0 aliphatic carbocycles. The molecule has 100 valence electrons. The number of halogens is 1.